The standard InChI is InChI=1S/C13H23N3O/c1-9(2)10-7-11(15-8-14-10)16-12(3,4)13(5,6)17/h7-9,17H,1-6H3,(H,14,15,16). The topological polar surface area (TPSA) is 58.0 Å². The molecule has 0 unspecified atom stereocenters. The Hall–Kier alpha value is -1.16. The van der Waals surface area contributed by atoms with Crippen LogP contribution < -0.4 is 5.32 Å². The molecular formula is C13H23N3O. The maximum Gasteiger partial charge on any atom is 0.130 e. The Balaban J connectivity index is 2.92. The highest BCUT2D eigenvalue weighted by Gasteiger charge is 2.35. The fourth-order valence-corrected chi connectivity index (χ4v) is 1.23. The highest BCUT2D eigenvalue weighted by Crippen LogP contribution is 2.25. The first kappa shape index (κ1) is 13.9. The van der Waals surface area contributed by atoms with Gasteiger partial charge in [-0.05, 0) is 33.6 Å². The molecule has 96 valence electrons. The zero-order chi connectivity index (χ0) is 13.3. The van der Waals surface area contributed by atoms with Crippen molar-refractivity contribution in [1.82, 2.24) is 9.97 Å². The van der Waals surface area contributed by atoms with Crippen molar-refractivity contribution >= 4 is 5.82 Å². The number of aromatic nitrogens is 2. The number of hydrogen-bond donors (Lipinski definition) is 2. The third kappa shape index (κ3) is 3.40. The van der Waals surface area contributed by atoms with E-state index in [0.29, 0.717) is 5.92 Å². The Bertz CT molecular complexity index is 380. The predicted molar refractivity (Wildman–Crippen MR) is 70.1 cm³/mol. The zero-order valence-corrected chi connectivity index (χ0v) is 11.6. The van der Waals surface area contributed by atoms with Gasteiger partial charge in [-0.3, -0.25) is 0 Å². The number of rotatable bonds is 4. The van der Waals surface area contributed by atoms with Crippen molar-refractivity contribution < 1.29 is 5.11 Å². The first-order valence-electron chi connectivity index (χ1n) is 5.96. The number of nitrogens with one attached hydrogen (secondary N) is 1. The molecule has 4 nitrogen and oxygen atoms in total. The Kier molecular flexibility index (Phi) is 3.77. The lowest BCUT2D eigenvalue weighted by molar-refractivity contribution is 0.0238. The first-order chi connectivity index (χ1) is 7.63. The second-order valence-electron chi connectivity index (χ2n) is 5.79. The smallest absolute Gasteiger partial charge is 0.130 e. The summed E-state index contributed by atoms with van der Waals surface area (Å²) in [5, 5.41) is 13.3. The van der Waals surface area contributed by atoms with E-state index in [-0.39, 0.29) is 0 Å². The Labute approximate surface area is 103 Å². The summed E-state index contributed by atoms with van der Waals surface area (Å²) in [4.78, 5) is 8.40. The van der Waals surface area contributed by atoms with Gasteiger partial charge in [-0.15, -0.1) is 0 Å². The molecule has 0 amide bonds. The van der Waals surface area contributed by atoms with Crippen LogP contribution in [0.5, 0.6) is 0 Å². The molecule has 0 aromatic carbocycles. The van der Waals surface area contributed by atoms with Crippen LogP contribution in [0.2, 0.25) is 0 Å². The maximum atomic E-state index is 10.1. The molecule has 0 atom stereocenters. The van der Waals surface area contributed by atoms with Crippen molar-refractivity contribution in [3.63, 3.8) is 0 Å². The Morgan fingerprint density at radius 1 is 1.18 bits per heavy atom. The van der Waals surface area contributed by atoms with Crippen LogP contribution >= 0.6 is 0 Å². The van der Waals surface area contributed by atoms with Gasteiger partial charge in [-0.1, -0.05) is 13.8 Å². The van der Waals surface area contributed by atoms with Gasteiger partial charge >= 0.3 is 0 Å². The van der Waals surface area contributed by atoms with E-state index in [2.05, 4.69) is 29.1 Å². The van der Waals surface area contributed by atoms with Crippen LogP contribution in [0.15, 0.2) is 12.4 Å². The Morgan fingerprint density at radius 2 is 1.76 bits per heavy atom. The molecule has 17 heavy (non-hydrogen) atoms. The second kappa shape index (κ2) is 4.61. The normalized spacial score (nSPS) is 12.9. The van der Waals surface area contributed by atoms with Gasteiger partial charge in [-0.25, -0.2) is 9.97 Å². The van der Waals surface area contributed by atoms with E-state index in [9.17, 15) is 5.11 Å². The molecule has 0 aliphatic rings. The minimum Gasteiger partial charge on any atom is -0.388 e. The number of nitrogens with zero attached hydrogens (tertiary/aromatic N) is 2. The summed E-state index contributed by atoms with van der Waals surface area (Å²) in [6.07, 6.45) is 1.55. The fourth-order valence-electron chi connectivity index (χ4n) is 1.23. The minimum atomic E-state index is -0.837. The van der Waals surface area contributed by atoms with Gasteiger partial charge in [-0.2, -0.15) is 0 Å². The summed E-state index contributed by atoms with van der Waals surface area (Å²) in [6.45, 7) is 11.6. The molecule has 1 aromatic rings. The molecule has 0 spiro atoms. The summed E-state index contributed by atoms with van der Waals surface area (Å²) < 4.78 is 0. The van der Waals surface area contributed by atoms with Gasteiger partial charge in [0.2, 0.25) is 0 Å². The summed E-state index contributed by atoms with van der Waals surface area (Å²) in [5.74, 6) is 1.11. The molecule has 2 N–H and O–H groups in total. The van der Waals surface area contributed by atoms with E-state index in [1.165, 1.54) is 0 Å². The molecular weight excluding hydrogens is 214 g/mol. The molecule has 0 saturated heterocycles. The van der Waals surface area contributed by atoms with Crippen LogP contribution in [0.1, 0.15) is 53.2 Å². The molecule has 4 heteroatoms. The number of anilines is 1. The van der Waals surface area contributed by atoms with Crippen molar-refractivity contribution in [3.05, 3.63) is 18.1 Å². The predicted octanol–water partition coefficient (Wildman–Crippen LogP) is 2.56. The largest absolute Gasteiger partial charge is 0.388 e. The fraction of sp³-hybridized carbons (Fsp3) is 0.692. The minimum absolute atomic E-state index is 0.365. The van der Waals surface area contributed by atoms with Crippen LogP contribution in [0.4, 0.5) is 5.82 Å². The average Bonchev–Trinajstić information content (AvgIpc) is 2.15. The molecule has 1 rings (SSSR count). The SMILES string of the molecule is CC(C)c1cc(NC(C)(C)C(C)(C)O)ncn1. The summed E-state index contributed by atoms with van der Waals surface area (Å²) in [6, 6.07) is 1.93. The van der Waals surface area contributed by atoms with Crippen molar-refractivity contribution in [2.45, 2.75) is 58.6 Å². The van der Waals surface area contributed by atoms with Crippen LogP contribution in [-0.4, -0.2) is 26.2 Å². The van der Waals surface area contributed by atoms with Crippen molar-refractivity contribution in [2.75, 3.05) is 5.32 Å². The lowest BCUT2D eigenvalue weighted by Gasteiger charge is -2.38. The average molecular weight is 237 g/mol. The van der Waals surface area contributed by atoms with E-state index in [1.54, 1.807) is 20.2 Å². The highest BCUT2D eigenvalue weighted by molar-refractivity contribution is 5.39. The molecule has 0 radical (unpaired) electrons. The quantitative estimate of drug-likeness (QED) is 0.845. The van der Waals surface area contributed by atoms with Crippen LogP contribution in [0.25, 0.3) is 0 Å². The lowest BCUT2D eigenvalue weighted by atomic mass is 9.86. The Morgan fingerprint density at radius 3 is 2.24 bits per heavy atom. The molecule has 1 heterocycles. The molecule has 0 fully saturated rings. The van der Waals surface area contributed by atoms with Gasteiger partial charge in [0, 0.05) is 11.8 Å². The van der Waals surface area contributed by atoms with E-state index in [4.69, 9.17) is 0 Å². The van der Waals surface area contributed by atoms with E-state index >= 15 is 0 Å². The van der Waals surface area contributed by atoms with Crippen molar-refractivity contribution in [1.29, 1.82) is 0 Å². The van der Waals surface area contributed by atoms with Gasteiger partial charge in [0.15, 0.2) is 0 Å². The second-order valence-corrected chi connectivity index (χ2v) is 5.79. The van der Waals surface area contributed by atoms with Gasteiger partial charge in [0.25, 0.3) is 0 Å². The van der Waals surface area contributed by atoms with Gasteiger partial charge in [0.1, 0.15) is 12.1 Å². The molecule has 0 aliphatic carbocycles. The molecule has 0 bridgehead atoms. The number of hydrogen-bond acceptors (Lipinski definition) is 4. The molecule has 0 aliphatic heterocycles. The van der Waals surface area contributed by atoms with Crippen molar-refractivity contribution in [2.24, 2.45) is 0 Å². The maximum absolute atomic E-state index is 10.1. The van der Waals surface area contributed by atoms with Crippen LogP contribution in [-0.2, 0) is 0 Å². The number of aliphatic hydroxyl groups is 1. The highest BCUT2D eigenvalue weighted by atomic mass is 16.3. The van der Waals surface area contributed by atoms with Crippen LogP contribution in [0.3, 0.4) is 0 Å². The van der Waals surface area contributed by atoms with Crippen molar-refractivity contribution in [3.8, 4) is 0 Å². The summed E-state index contributed by atoms with van der Waals surface area (Å²) in [5.41, 5.74) is -0.306. The van der Waals surface area contributed by atoms with Gasteiger partial charge < -0.3 is 10.4 Å². The summed E-state index contributed by atoms with van der Waals surface area (Å²) in [7, 11) is 0. The monoisotopic (exact) mass is 237 g/mol. The zero-order valence-electron chi connectivity index (χ0n) is 11.6. The van der Waals surface area contributed by atoms with E-state index in [1.807, 2.05) is 19.9 Å². The van der Waals surface area contributed by atoms with Gasteiger partial charge in [0.05, 0.1) is 11.1 Å². The van der Waals surface area contributed by atoms with E-state index < -0.39 is 11.1 Å². The summed E-state index contributed by atoms with van der Waals surface area (Å²) >= 11 is 0. The third-order valence-corrected chi connectivity index (χ3v) is 3.25. The van der Waals surface area contributed by atoms with Crippen LogP contribution in [0, 0.1) is 0 Å². The molecule has 0 saturated carbocycles. The first-order valence-corrected chi connectivity index (χ1v) is 5.96. The van der Waals surface area contributed by atoms with E-state index in [0.717, 1.165) is 11.5 Å². The lowest BCUT2D eigenvalue weighted by Crippen LogP contribution is -2.51. The molecule has 1 aromatic heterocycles. The third-order valence-electron chi connectivity index (χ3n) is 3.25.